The van der Waals surface area contributed by atoms with Crippen LogP contribution in [0, 0.1) is 13.8 Å². The summed E-state index contributed by atoms with van der Waals surface area (Å²) in [6.45, 7) is 7.57. The van der Waals surface area contributed by atoms with Crippen LogP contribution in [0.25, 0.3) is 10.9 Å². The van der Waals surface area contributed by atoms with Gasteiger partial charge in [0.05, 0.1) is 0 Å². The quantitative estimate of drug-likeness (QED) is 0.337. The van der Waals surface area contributed by atoms with E-state index in [1.54, 1.807) is 0 Å². The molecule has 0 amide bonds. The number of thioether (sulfide) groups is 1. The van der Waals surface area contributed by atoms with E-state index in [1.807, 2.05) is 11.8 Å². The topological polar surface area (TPSA) is 4.93 Å². The molecule has 136 valence electrons. The molecule has 0 saturated carbocycles. The zero-order chi connectivity index (χ0) is 18.8. The van der Waals surface area contributed by atoms with Gasteiger partial charge in [-0.3, -0.25) is 0 Å². The van der Waals surface area contributed by atoms with Gasteiger partial charge in [-0.25, -0.2) is 0 Å². The molecule has 0 spiro atoms. The van der Waals surface area contributed by atoms with E-state index in [0.29, 0.717) is 5.25 Å². The summed E-state index contributed by atoms with van der Waals surface area (Å²) in [4.78, 5) is 1.35. The summed E-state index contributed by atoms with van der Waals surface area (Å²) in [5.74, 6) is 0. The van der Waals surface area contributed by atoms with Gasteiger partial charge in [-0.05, 0) is 43.5 Å². The van der Waals surface area contributed by atoms with Crippen LogP contribution >= 0.6 is 11.8 Å². The number of aromatic nitrogens is 1. The minimum Gasteiger partial charge on any atom is -0.342 e. The normalized spacial score (nSPS) is 12.4. The van der Waals surface area contributed by atoms with Crippen LogP contribution < -0.4 is 0 Å². The molecule has 2 heteroatoms. The zero-order valence-electron chi connectivity index (χ0n) is 16.1. The molecule has 4 aromatic rings. The highest BCUT2D eigenvalue weighted by atomic mass is 32.2. The molecule has 0 aliphatic heterocycles. The largest absolute Gasteiger partial charge is 0.342 e. The van der Waals surface area contributed by atoms with E-state index in [0.717, 1.165) is 6.54 Å². The first-order valence-electron chi connectivity index (χ1n) is 9.47. The van der Waals surface area contributed by atoms with Crippen LogP contribution in [0.15, 0.2) is 83.9 Å². The summed E-state index contributed by atoms with van der Waals surface area (Å²) in [6.07, 6.45) is 2.33. The van der Waals surface area contributed by atoms with E-state index in [9.17, 15) is 0 Å². The Labute approximate surface area is 166 Å². The fourth-order valence-electron chi connectivity index (χ4n) is 3.57. The van der Waals surface area contributed by atoms with E-state index in [1.165, 1.54) is 38.1 Å². The lowest BCUT2D eigenvalue weighted by atomic mass is 10.1. The first-order valence-corrected chi connectivity index (χ1v) is 10.4. The van der Waals surface area contributed by atoms with Crippen molar-refractivity contribution in [2.75, 3.05) is 0 Å². The number of rotatable bonds is 5. The zero-order valence-corrected chi connectivity index (χ0v) is 17.0. The number of hydrogen-bond donors (Lipinski definition) is 0. The number of hydrogen-bond acceptors (Lipinski definition) is 1. The Bertz CT molecular complexity index is 1060. The average molecular weight is 372 g/mol. The maximum Gasteiger partial charge on any atom is 0.0495 e. The third-order valence-electron chi connectivity index (χ3n) is 5.17. The molecule has 0 aliphatic rings. The van der Waals surface area contributed by atoms with Crippen molar-refractivity contribution < 1.29 is 0 Å². The highest BCUT2D eigenvalue weighted by Crippen LogP contribution is 2.39. The summed E-state index contributed by atoms with van der Waals surface area (Å²) in [5.41, 5.74) is 6.74. The molecule has 1 nitrogen and oxygen atoms in total. The van der Waals surface area contributed by atoms with Crippen molar-refractivity contribution in [3.8, 4) is 0 Å². The van der Waals surface area contributed by atoms with Crippen LogP contribution in [-0.2, 0) is 6.54 Å². The van der Waals surface area contributed by atoms with Gasteiger partial charge in [-0.15, -0.1) is 11.8 Å². The second-order valence-electron chi connectivity index (χ2n) is 7.24. The van der Waals surface area contributed by atoms with E-state index in [4.69, 9.17) is 0 Å². The molecule has 0 N–H and O–H groups in total. The van der Waals surface area contributed by atoms with Gasteiger partial charge in [0.1, 0.15) is 0 Å². The van der Waals surface area contributed by atoms with Gasteiger partial charge in [0.15, 0.2) is 0 Å². The Morgan fingerprint density at radius 1 is 0.889 bits per heavy atom. The number of fused-ring (bicyclic) bond motifs is 1. The van der Waals surface area contributed by atoms with Crippen LogP contribution in [0.3, 0.4) is 0 Å². The van der Waals surface area contributed by atoms with E-state index in [2.05, 4.69) is 104 Å². The highest BCUT2D eigenvalue weighted by molar-refractivity contribution is 7.99. The molecule has 0 fully saturated rings. The Morgan fingerprint density at radius 3 is 2.44 bits per heavy atom. The van der Waals surface area contributed by atoms with Crippen molar-refractivity contribution in [3.05, 3.63) is 101 Å². The molecule has 3 aromatic carbocycles. The van der Waals surface area contributed by atoms with Crippen LogP contribution in [0.5, 0.6) is 0 Å². The Balaban J connectivity index is 1.70. The molecule has 0 radical (unpaired) electrons. The van der Waals surface area contributed by atoms with Gasteiger partial charge in [0, 0.05) is 33.8 Å². The summed E-state index contributed by atoms with van der Waals surface area (Å²) in [7, 11) is 0. The highest BCUT2D eigenvalue weighted by Gasteiger charge is 2.14. The average Bonchev–Trinajstić information content (AvgIpc) is 3.03. The third-order valence-corrected chi connectivity index (χ3v) is 6.38. The van der Waals surface area contributed by atoms with Crippen LogP contribution in [-0.4, -0.2) is 4.57 Å². The van der Waals surface area contributed by atoms with Crippen molar-refractivity contribution in [2.45, 2.75) is 37.5 Å². The van der Waals surface area contributed by atoms with Crippen LogP contribution in [0.2, 0.25) is 0 Å². The second kappa shape index (κ2) is 7.66. The van der Waals surface area contributed by atoms with Gasteiger partial charge in [-0.2, -0.15) is 0 Å². The van der Waals surface area contributed by atoms with Crippen molar-refractivity contribution in [3.63, 3.8) is 0 Å². The van der Waals surface area contributed by atoms with Crippen molar-refractivity contribution in [2.24, 2.45) is 0 Å². The predicted molar refractivity (Wildman–Crippen MR) is 118 cm³/mol. The minimum atomic E-state index is 0.422. The molecule has 1 aromatic heterocycles. The molecule has 0 aliphatic carbocycles. The van der Waals surface area contributed by atoms with E-state index >= 15 is 0 Å². The third kappa shape index (κ3) is 3.81. The maximum absolute atomic E-state index is 2.40. The first kappa shape index (κ1) is 17.9. The molecule has 1 heterocycles. The Kier molecular flexibility index (Phi) is 5.09. The Hall–Kier alpha value is -2.45. The smallest absolute Gasteiger partial charge is 0.0495 e. The fraction of sp³-hybridized carbons (Fsp3) is 0.200. The molecular weight excluding hydrogens is 346 g/mol. The summed E-state index contributed by atoms with van der Waals surface area (Å²) in [6, 6.07) is 26.2. The fourth-order valence-corrected chi connectivity index (χ4v) is 4.74. The molecular formula is C25H25NS. The lowest BCUT2D eigenvalue weighted by Gasteiger charge is -2.11. The van der Waals surface area contributed by atoms with Crippen molar-refractivity contribution in [1.29, 1.82) is 0 Å². The lowest BCUT2D eigenvalue weighted by molar-refractivity contribution is 0.822. The minimum absolute atomic E-state index is 0.422. The van der Waals surface area contributed by atoms with E-state index in [-0.39, 0.29) is 0 Å². The number of benzene rings is 3. The Morgan fingerprint density at radius 2 is 1.63 bits per heavy atom. The van der Waals surface area contributed by atoms with Gasteiger partial charge in [0.2, 0.25) is 0 Å². The SMILES string of the molecule is Cc1ccc(C)c(Cn2cc(SC(C)c3ccccc3)c3ccccc32)c1. The number of para-hydroxylation sites is 1. The van der Waals surface area contributed by atoms with Crippen LogP contribution in [0.4, 0.5) is 0 Å². The van der Waals surface area contributed by atoms with Crippen molar-refractivity contribution in [1.82, 2.24) is 4.57 Å². The molecule has 1 atom stereocenters. The summed E-state index contributed by atoms with van der Waals surface area (Å²) >= 11 is 1.94. The molecule has 0 saturated heterocycles. The summed E-state index contributed by atoms with van der Waals surface area (Å²) in [5, 5.41) is 1.77. The monoisotopic (exact) mass is 371 g/mol. The van der Waals surface area contributed by atoms with Crippen molar-refractivity contribution >= 4 is 22.7 Å². The van der Waals surface area contributed by atoms with Gasteiger partial charge in [0.25, 0.3) is 0 Å². The standard InChI is InChI=1S/C25H25NS/c1-18-13-14-19(2)22(15-18)16-26-17-25(23-11-7-8-12-24(23)26)27-20(3)21-9-5-4-6-10-21/h4-15,17,20H,16H2,1-3H3. The molecule has 0 bridgehead atoms. The summed E-state index contributed by atoms with van der Waals surface area (Å²) < 4.78 is 2.40. The predicted octanol–water partition coefficient (Wildman–Crippen LogP) is 7.16. The van der Waals surface area contributed by atoms with Gasteiger partial charge >= 0.3 is 0 Å². The molecule has 1 unspecified atom stereocenters. The van der Waals surface area contributed by atoms with Gasteiger partial charge in [-0.1, -0.05) is 72.3 Å². The molecule has 4 rings (SSSR count). The second-order valence-corrected chi connectivity index (χ2v) is 8.62. The number of aryl methyl sites for hydroxylation is 2. The number of nitrogens with zero attached hydrogens (tertiary/aromatic N) is 1. The van der Waals surface area contributed by atoms with E-state index < -0.39 is 0 Å². The van der Waals surface area contributed by atoms with Crippen LogP contribution in [0.1, 0.15) is 34.4 Å². The molecule has 27 heavy (non-hydrogen) atoms. The van der Waals surface area contributed by atoms with Gasteiger partial charge < -0.3 is 4.57 Å². The maximum atomic E-state index is 2.40. The first-order chi connectivity index (χ1) is 13.1. The lowest BCUT2D eigenvalue weighted by Crippen LogP contribution is -2.00.